The summed E-state index contributed by atoms with van der Waals surface area (Å²) < 4.78 is 2.75. The van der Waals surface area contributed by atoms with Crippen molar-refractivity contribution in [2.75, 3.05) is 0 Å². The summed E-state index contributed by atoms with van der Waals surface area (Å²) in [6, 6.07) is 2.45. The lowest BCUT2D eigenvalue weighted by molar-refractivity contribution is 1.08. The molecule has 0 aliphatic carbocycles. The second-order valence-corrected chi connectivity index (χ2v) is 24.9. The Morgan fingerprint density at radius 3 is 0.779 bits per heavy atom. The fourth-order valence-electron chi connectivity index (χ4n) is 13.6. The third kappa shape index (κ3) is 8.36. The van der Waals surface area contributed by atoms with Crippen LogP contribution in [-0.2, 0) is 0 Å². The first kappa shape index (κ1) is 57.3. The highest BCUT2D eigenvalue weighted by molar-refractivity contribution is 7.27. The molecular formula is C45H57B28N3S. The molecular weight excluding hydrogens is 917 g/mol. The molecule has 342 valence electrons. The quantitative estimate of drug-likeness (QED) is 0.156. The smallest absolute Gasteiger partial charge is 0.163 e. The number of fused-ring (bicyclic) bond motifs is 3. The van der Waals surface area contributed by atoms with Gasteiger partial charge in [0.05, 0.1) is 0 Å². The van der Waals surface area contributed by atoms with E-state index in [1.54, 1.807) is 0 Å². The van der Waals surface area contributed by atoms with Crippen molar-refractivity contribution in [3.8, 4) is 67.5 Å². The molecule has 0 amide bonds. The molecule has 0 saturated carbocycles. The summed E-state index contributed by atoms with van der Waals surface area (Å²) in [7, 11) is 64.6. The van der Waals surface area contributed by atoms with Gasteiger partial charge in [-0.15, -0.1) is 76.9 Å². The molecule has 0 saturated heterocycles. The van der Waals surface area contributed by atoms with Gasteiger partial charge in [0.15, 0.2) is 17.5 Å². The van der Waals surface area contributed by atoms with Crippen LogP contribution >= 0.6 is 11.3 Å². The minimum atomic E-state index is 0.719. The van der Waals surface area contributed by atoms with E-state index in [4.69, 9.17) is 15.0 Å². The van der Waals surface area contributed by atoms with Gasteiger partial charge in [0, 0.05) is 26.1 Å². The first-order valence-corrected chi connectivity index (χ1v) is 28.9. The topological polar surface area (TPSA) is 38.7 Å². The Labute approximate surface area is 489 Å². The lowest BCUT2D eigenvalue weighted by Gasteiger charge is -2.28. The fourth-order valence-corrected chi connectivity index (χ4v) is 15.3. The molecule has 9 rings (SSSR count). The van der Waals surface area contributed by atoms with Gasteiger partial charge >= 0.3 is 0 Å². The number of rotatable bonds is 6. The number of nitrogens with zero attached hydrogens (tertiary/aromatic N) is 3. The molecule has 0 fully saturated rings. The molecule has 2 heterocycles. The lowest BCUT2D eigenvalue weighted by Crippen LogP contribution is -2.57. The van der Waals surface area contributed by atoms with Crippen molar-refractivity contribution in [1.29, 1.82) is 0 Å². The minimum absolute atomic E-state index is 0.719. The van der Waals surface area contributed by atoms with Crippen molar-refractivity contribution in [1.82, 2.24) is 15.0 Å². The number of aromatic nitrogens is 3. The fraction of sp³-hybridized carbons (Fsp3) is 0. The Kier molecular flexibility index (Phi) is 15.1. The molecule has 0 aliphatic rings. The number of hydrogen-bond donors (Lipinski definition) is 0. The number of thiophene rings is 1. The lowest BCUT2D eigenvalue weighted by atomic mass is 9.55. The molecule has 0 atom stereocenters. The van der Waals surface area contributed by atoms with E-state index in [1.807, 2.05) is 11.3 Å². The van der Waals surface area contributed by atoms with E-state index < -0.39 is 0 Å². The molecule has 9 aromatic rings. The Morgan fingerprint density at radius 2 is 0.416 bits per heavy atom. The van der Waals surface area contributed by atoms with Gasteiger partial charge < -0.3 is 0 Å². The zero-order valence-corrected chi connectivity index (χ0v) is 53.1. The highest BCUT2D eigenvalue weighted by atomic mass is 32.1. The molecule has 0 spiro atoms. The molecule has 3 nitrogen and oxygen atoms in total. The van der Waals surface area contributed by atoms with Crippen LogP contribution < -0.4 is 153 Å². The summed E-state index contributed by atoms with van der Waals surface area (Å²) in [5.41, 5.74) is 48.6. The van der Waals surface area contributed by atoms with Crippen molar-refractivity contribution in [3.63, 3.8) is 0 Å². The predicted octanol–water partition coefficient (Wildman–Crippen LogP) is -36.5. The third-order valence-corrected chi connectivity index (χ3v) is 22.3. The van der Waals surface area contributed by atoms with Gasteiger partial charge in [-0.1, -0.05) is 87.4 Å². The van der Waals surface area contributed by atoms with Gasteiger partial charge in [-0.2, -0.15) is 0 Å². The monoisotopic (exact) mass is 980 g/mol. The van der Waals surface area contributed by atoms with Crippen LogP contribution in [0.4, 0.5) is 0 Å². The van der Waals surface area contributed by atoms with Crippen molar-refractivity contribution < 1.29 is 0 Å². The van der Waals surface area contributed by atoms with Crippen LogP contribution in [0.15, 0.2) is 6.07 Å². The molecule has 0 aliphatic heterocycles. The predicted molar refractivity (Wildman–Crippen MR) is 434 cm³/mol. The molecule has 32 heteroatoms. The van der Waals surface area contributed by atoms with Crippen LogP contribution in [0, 0.1) is 0 Å². The first-order valence-electron chi connectivity index (χ1n) is 28.1. The molecule has 0 N–H and O–H groups in total. The minimum Gasteiger partial charge on any atom is -0.208 e. The molecule has 0 radical (unpaired) electrons. The average molecular weight is 975 g/mol. The Balaban J connectivity index is 1.39. The van der Waals surface area contributed by atoms with Crippen molar-refractivity contribution >= 4 is 404 Å². The first-order chi connectivity index (χ1) is 35.9. The van der Waals surface area contributed by atoms with Crippen molar-refractivity contribution in [2.24, 2.45) is 0 Å². The highest BCUT2D eigenvalue weighted by Gasteiger charge is 2.29. The van der Waals surface area contributed by atoms with Gasteiger partial charge in [-0.25, -0.2) is 15.0 Å². The van der Waals surface area contributed by atoms with E-state index in [-0.39, 0.29) is 0 Å². The normalized spacial score (nSPS) is 11.5. The standard InChI is InChI=1S/C45H57B28N3S/c46-13-2(1-3(14(47)29(13)62)43-74-44(11-25(58)34(67)39(72)35(68)26(11)59)76-45(75-43)12-27(60)36(69)40(73)37(70)28(12)61)4-15(48)30(63)23(56)9-10-24(57)31(64)22(55)8(42(10)77-41(4)9)7-18(51)16(49)5(17(50)19(7)52)6-20(53)32(65)38(71)33(66)21(6)54/h1H,46-73H2. The zero-order valence-electron chi connectivity index (χ0n) is 52.3. The van der Waals surface area contributed by atoms with E-state index in [2.05, 4.69) is 226 Å². The van der Waals surface area contributed by atoms with Crippen molar-refractivity contribution in [2.45, 2.75) is 0 Å². The Hall–Kier alpha value is -4.41. The van der Waals surface area contributed by atoms with Crippen LogP contribution in [0.25, 0.3) is 87.7 Å². The maximum absolute atomic E-state index is 5.61. The maximum atomic E-state index is 5.61. The summed E-state index contributed by atoms with van der Waals surface area (Å²) in [6.07, 6.45) is 0. The van der Waals surface area contributed by atoms with E-state index in [9.17, 15) is 0 Å². The van der Waals surface area contributed by atoms with Gasteiger partial charge in [-0.3, -0.25) is 0 Å². The third-order valence-electron chi connectivity index (χ3n) is 21.1. The summed E-state index contributed by atoms with van der Waals surface area (Å²) >= 11 is 2.01. The second kappa shape index (κ2) is 20.3. The molecule has 0 unspecified atom stereocenters. The van der Waals surface area contributed by atoms with Crippen LogP contribution in [-0.4, -0.2) is 235 Å². The SMILES string of the molecule is Bc1c(-c2nc(-c3c(B)c(B)c(B)c(B)c3B)nc(-c3c(B)c(B)c(B)c(B)c3B)n2)cc(-c2c(B)c(B)c(B)c3c2sc2c(-c4c(B)c(B)c(-c5c(B)c(B)c(B)c(B)c5B)c(B)c4B)c(B)c(B)c(B)c23)c(B)c1B. The van der Waals surface area contributed by atoms with E-state index in [0.29, 0.717) is 0 Å². The molecule has 0 bridgehead atoms. The average Bonchev–Trinajstić information content (AvgIpc) is 3.81. The second-order valence-electron chi connectivity index (χ2n) is 23.9. The number of benzene rings is 7. The molecule has 77 heavy (non-hydrogen) atoms. The van der Waals surface area contributed by atoms with Crippen LogP contribution in [0.3, 0.4) is 0 Å². The van der Waals surface area contributed by atoms with Gasteiger partial charge in [0.25, 0.3) is 0 Å². The number of hydrogen-bond acceptors (Lipinski definition) is 4. The summed E-state index contributed by atoms with van der Waals surface area (Å²) in [4.78, 5) is 16.7. The van der Waals surface area contributed by atoms with Crippen molar-refractivity contribution in [3.05, 3.63) is 6.07 Å². The van der Waals surface area contributed by atoms with E-state index in [1.165, 1.54) is 207 Å². The Morgan fingerprint density at radius 1 is 0.195 bits per heavy atom. The highest BCUT2D eigenvalue weighted by Crippen LogP contribution is 2.40. The maximum Gasteiger partial charge on any atom is 0.163 e. The summed E-state index contributed by atoms with van der Waals surface area (Å²) in [5.74, 6) is 2.19. The zero-order chi connectivity index (χ0) is 56.9. The molecule has 2 aromatic heterocycles. The van der Waals surface area contributed by atoms with Crippen LogP contribution in [0.5, 0.6) is 0 Å². The largest absolute Gasteiger partial charge is 0.208 e. The van der Waals surface area contributed by atoms with Crippen LogP contribution in [0.1, 0.15) is 0 Å². The van der Waals surface area contributed by atoms with Crippen LogP contribution in [0.2, 0.25) is 0 Å². The molecule has 7 aromatic carbocycles. The Bertz CT molecular complexity index is 4010. The van der Waals surface area contributed by atoms with E-state index >= 15 is 0 Å². The van der Waals surface area contributed by atoms with E-state index in [0.717, 1.165) is 34.2 Å². The summed E-state index contributed by atoms with van der Waals surface area (Å²) in [5, 5.41) is 2.79. The van der Waals surface area contributed by atoms with Gasteiger partial charge in [-0.05, 0) is 50.2 Å². The summed E-state index contributed by atoms with van der Waals surface area (Å²) in [6.45, 7) is 0. The van der Waals surface area contributed by atoms with Gasteiger partial charge in [0.2, 0.25) is 0 Å². The van der Waals surface area contributed by atoms with Gasteiger partial charge in [0.1, 0.15) is 220 Å².